The summed E-state index contributed by atoms with van der Waals surface area (Å²) in [5, 5.41) is 8.52. The Kier molecular flexibility index (Phi) is 7.89. The standard InChI is InChI=1S/C26H29N5O4/c1-18-8-9-23(27-15-18)30-25(33)19-10-12-31(13-11-19)17-24(32)29-22-7-3-2-6-21(22)26(34)28-16-20-5-4-14-35-20/h2-9,14-15,19H,10-13,16-17H2,1H3,(H,28,34)(H,29,32)(H,27,30,33). The highest BCUT2D eigenvalue weighted by atomic mass is 16.3. The van der Waals surface area contributed by atoms with Crippen molar-refractivity contribution >= 4 is 29.2 Å². The van der Waals surface area contributed by atoms with Gasteiger partial charge in [-0.2, -0.15) is 0 Å². The average molecular weight is 476 g/mol. The number of anilines is 2. The van der Waals surface area contributed by atoms with E-state index in [2.05, 4.69) is 20.9 Å². The summed E-state index contributed by atoms with van der Waals surface area (Å²) in [6, 6.07) is 14.1. The van der Waals surface area contributed by atoms with E-state index in [1.807, 2.05) is 17.9 Å². The highest BCUT2D eigenvalue weighted by Gasteiger charge is 2.26. The van der Waals surface area contributed by atoms with E-state index in [0.29, 0.717) is 48.8 Å². The van der Waals surface area contributed by atoms with Crippen LogP contribution in [0, 0.1) is 12.8 Å². The maximum absolute atomic E-state index is 12.7. The van der Waals surface area contributed by atoms with Crippen LogP contribution in [0.1, 0.15) is 34.5 Å². The zero-order chi connectivity index (χ0) is 24.6. The van der Waals surface area contributed by atoms with Crippen LogP contribution in [-0.4, -0.2) is 47.2 Å². The molecule has 4 rings (SSSR count). The number of nitrogens with one attached hydrogen (secondary N) is 3. The van der Waals surface area contributed by atoms with E-state index in [1.165, 1.54) is 0 Å². The van der Waals surface area contributed by atoms with Crippen LogP contribution in [0.15, 0.2) is 65.4 Å². The number of pyridine rings is 1. The second-order valence-electron chi connectivity index (χ2n) is 8.62. The molecule has 0 atom stereocenters. The number of piperidine rings is 1. The average Bonchev–Trinajstić information content (AvgIpc) is 3.38. The topological polar surface area (TPSA) is 117 Å². The predicted molar refractivity (Wildman–Crippen MR) is 132 cm³/mol. The summed E-state index contributed by atoms with van der Waals surface area (Å²) in [7, 11) is 0. The maximum atomic E-state index is 12.7. The normalized spacial score (nSPS) is 14.3. The first-order valence-corrected chi connectivity index (χ1v) is 11.6. The zero-order valence-electron chi connectivity index (χ0n) is 19.6. The second-order valence-corrected chi connectivity index (χ2v) is 8.62. The molecule has 3 aromatic rings. The number of carbonyl (C=O) groups is 3. The molecule has 1 saturated heterocycles. The Morgan fingerprint density at radius 1 is 1.03 bits per heavy atom. The molecular formula is C26H29N5O4. The van der Waals surface area contributed by atoms with Crippen LogP contribution in [0.25, 0.3) is 0 Å². The van der Waals surface area contributed by atoms with Gasteiger partial charge in [-0.15, -0.1) is 0 Å². The van der Waals surface area contributed by atoms with E-state index in [0.717, 1.165) is 5.56 Å². The molecule has 3 N–H and O–H groups in total. The number of benzene rings is 1. The highest BCUT2D eigenvalue weighted by Crippen LogP contribution is 2.20. The molecule has 3 amide bonds. The van der Waals surface area contributed by atoms with Crippen molar-refractivity contribution in [2.45, 2.75) is 26.3 Å². The first kappa shape index (κ1) is 24.2. The second kappa shape index (κ2) is 11.4. The van der Waals surface area contributed by atoms with Crippen molar-refractivity contribution in [3.05, 3.63) is 77.9 Å². The Balaban J connectivity index is 1.25. The van der Waals surface area contributed by atoms with Crippen LogP contribution in [0.3, 0.4) is 0 Å². The highest BCUT2D eigenvalue weighted by molar-refractivity contribution is 6.04. The Hall–Kier alpha value is -3.98. The van der Waals surface area contributed by atoms with Crippen molar-refractivity contribution in [1.29, 1.82) is 0 Å². The fourth-order valence-electron chi connectivity index (χ4n) is 3.98. The van der Waals surface area contributed by atoms with Gasteiger partial charge in [0.2, 0.25) is 11.8 Å². The number of amides is 3. The van der Waals surface area contributed by atoms with Crippen LogP contribution in [-0.2, 0) is 16.1 Å². The van der Waals surface area contributed by atoms with Crippen molar-refractivity contribution in [3.63, 3.8) is 0 Å². The summed E-state index contributed by atoms with van der Waals surface area (Å²) >= 11 is 0. The van der Waals surface area contributed by atoms with E-state index < -0.39 is 0 Å². The molecule has 0 spiro atoms. The quantitative estimate of drug-likeness (QED) is 0.461. The van der Waals surface area contributed by atoms with E-state index >= 15 is 0 Å². The number of nitrogens with zero attached hydrogens (tertiary/aromatic N) is 2. The number of aryl methyl sites for hydroxylation is 1. The molecule has 9 heteroatoms. The molecule has 9 nitrogen and oxygen atoms in total. The largest absolute Gasteiger partial charge is 0.467 e. The van der Waals surface area contributed by atoms with Crippen molar-refractivity contribution in [2.24, 2.45) is 5.92 Å². The molecule has 2 aromatic heterocycles. The van der Waals surface area contributed by atoms with Gasteiger partial charge in [0, 0.05) is 12.1 Å². The van der Waals surface area contributed by atoms with Crippen molar-refractivity contribution < 1.29 is 18.8 Å². The number of rotatable bonds is 8. The summed E-state index contributed by atoms with van der Waals surface area (Å²) in [6.07, 6.45) is 4.59. The van der Waals surface area contributed by atoms with Gasteiger partial charge < -0.3 is 20.4 Å². The predicted octanol–water partition coefficient (Wildman–Crippen LogP) is 3.20. The molecule has 1 aliphatic rings. The van der Waals surface area contributed by atoms with Crippen LogP contribution >= 0.6 is 0 Å². The van der Waals surface area contributed by atoms with E-state index in [9.17, 15) is 14.4 Å². The molecule has 0 saturated carbocycles. The van der Waals surface area contributed by atoms with Gasteiger partial charge in [0.05, 0.1) is 30.6 Å². The number of furan rings is 1. The minimum Gasteiger partial charge on any atom is -0.467 e. The lowest BCUT2D eigenvalue weighted by Gasteiger charge is -2.30. The van der Waals surface area contributed by atoms with Crippen LogP contribution in [0.4, 0.5) is 11.5 Å². The van der Waals surface area contributed by atoms with Crippen LogP contribution in [0.2, 0.25) is 0 Å². The minimum absolute atomic E-state index is 0.0417. The van der Waals surface area contributed by atoms with Gasteiger partial charge in [0.15, 0.2) is 0 Å². The lowest BCUT2D eigenvalue weighted by Crippen LogP contribution is -2.42. The molecule has 0 aliphatic carbocycles. The van der Waals surface area contributed by atoms with Crippen LogP contribution in [0.5, 0.6) is 0 Å². The molecule has 1 aliphatic heterocycles. The molecule has 0 unspecified atom stereocenters. The van der Waals surface area contributed by atoms with Crippen molar-refractivity contribution in [3.8, 4) is 0 Å². The van der Waals surface area contributed by atoms with Gasteiger partial charge in [0.25, 0.3) is 5.91 Å². The molecule has 3 heterocycles. The third-order valence-electron chi connectivity index (χ3n) is 5.94. The zero-order valence-corrected chi connectivity index (χ0v) is 19.6. The third-order valence-corrected chi connectivity index (χ3v) is 5.94. The van der Waals surface area contributed by atoms with Gasteiger partial charge >= 0.3 is 0 Å². The number of para-hydroxylation sites is 1. The summed E-state index contributed by atoms with van der Waals surface area (Å²) < 4.78 is 5.24. The van der Waals surface area contributed by atoms with Gasteiger partial charge in [-0.25, -0.2) is 4.98 Å². The van der Waals surface area contributed by atoms with Crippen molar-refractivity contribution in [1.82, 2.24) is 15.2 Å². The SMILES string of the molecule is Cc1ccc(NC(=O)C2CCN(CC(=O)Nc3ccccc3C(=O)NCc3ccco3)CC2)nc1. The Morgan fingerprint density at radius 2 is 1.83 bits per heavy atom. The van der Waals surface area contributed by atoms with Gasteiger partial charge in [-0.3, -0.25) is 19.3 Å². The Labute approximate surface area is 203 Å². The molecule has 0 radical (unpaired) electrons. The number of hydrogen-bond acceptors (Lipinski definition) is 6. The maximum Gasteiger partial charge on any atom is 0.253 e. The van der Waals surface area contributed by atoms with Crippen molar-refractivity contribution in [2.75, 3.05) is 30.3 Å². The summed E-state index contributed by atoms with van der Waals surface area (Å²) in [5.41, 5.74) is 1.87. The van der Waals surface area contributed by atoms with E-state index in [4.69, 9.17) is 4.42 Å². The molecule has 35 heavy (non-hydrogen) atoms. The Morgan fingerprint density at radius 3 is 2.54 bits per heavy atom. The molecule has 1 fully saturated rings. The van der Waals surface area contributed by atoms with Crippen LogP contribution < -0.4 is 16.0 Å². The first-order valence-electron chi connectivity index (χ1n) is 11.6. The monoisotopic (exact) mass is 475 g/mol. The molecule has 182 valence electrons. The smallest absolute Gasteiger partial charge is 0.253 e. The molecular weight excluding hydrogens is 446 g/mol. The van der Waals surface area contributed by atoms with E-state index in [-0.39, 0.29) is 36.7 Å². The number of carbonyl (C=O) groups excluding carboxylic acids is 3. The molecule has 1 aromatic carbocycles. The Bertz CT molecular complexity index is 1150. The number of likely N-dealkylation sites (tertiary alicyclic amines) is 1. The minimum atomic E-state index is -0.299. The first-order chi connectivity index (χ1) is 17.0. The van der Waals surface area contributed by atoms with Gasteiger partial charge in [-0.1, -0.05) is 18.2 Å². The van der Waals surface area contributed by atoms with E-state index in [1.54, 1.807) is 54.9 Å². The van der Waals surface area contributed by atoms with Gasteiger partial charge in [-0.05, 0) is 68.8 Å². The number of aromatic nitrogens is 1. The third kappa shape index (κ3) is 6.77. The lowest BCUT2D eigenvalue weighted by molar-refractivity contribution is -0.121. The lowest BCUT2D eigenvalue weighted by atomic mass is 9.96. The fourth-order valence-corrected chi connectivity index (χ4v) is 3.98. The summed E-state index contributed by atoms with van der Waals surface area (Å²) in [6.45, 7) is 3.67. The van der Waals surface area contributed by atoms with Gasteiger partial charge in [0.1, 0.15) is 11.6 Å². The summed E-state index contributed by atoms with van der Waals surface area (Å²) in [5.74, 6) is 0.535. The fraction of sp³-hybridized carbons (Fsp3) is 0.308. The number of hydrogen-bond donors (Lipinski definition) is 3. The molecule has 0 bridgehead atoms. The summed E-state index contributed by atoms with van der Waals surface area (Å²) in [4.78, 5) is 44.1.